The molecule has 0 bridgehead atoms. The minimum atomic E-state index is -0.629. The highest BCUT2D eigenvalue weighted by molar-refractivity contribution is 6.33. The molecule has 0 fully saturated rings. The molecule has 3 aromatic rings. The SMILES string of the molecule is Cc1nc2ccccc2c(C)c1C(=O)OCC(=O)N(C)CC(=O)Nc1ccccc1Cl. The molecule has 1 N–H and O–H groups in total. The second-order valence-electron chi connectivity index (χ2n) is 7.07. The van der Waals surface area contributed by atoms with Crippen molar-refractivity contribution in [3.63, 3.8) is 0 Å². The summed E-state index contributed by atoms with van der Waals surface area (Å²) >= 11 is 6.01. The number of carbonyl (C=O) groups is 3. The van der Waals surface area contributed by atoms with Gasteiger partial charge in [0.05, 0.1) is 34.0 Å². The number of esters is 1. The molecular formula is C23H22ClN3O4. The van der Waals surface area contributed by atoms with Crippen molar-refractivity contribution in [1.82, 2.24) is 9.88 Å². The zero-order chi connectivity index (χ0) is 22.5. The number of para-hydroxylation sites is 2. The maximum atomic E-state index is 12.6. The van der Waals surface area contributed by atoms with Gasteiger partial charge in [-0.2, -0.15) is 0 Å². The third-order valence-electron chi connectivity index (χ3n) is 4.82. The summed E-state index contributed by atoms with van der Waals surface area (Å²) in [5, 5.41) is 3.88. The number of rotatable bonds is 6. The number of hydrogen-bond acceptors (Lipinski definition) is 5. The Kier molecular flexibility index (Phi) is 6.87. The van der Waals surface area contributed by atoms with Crippen LogP contribution in [0.5, 0.6) is 0 Å². The third-order valence-corrected chi connectivity index (χ3v) is 5.15. The lowest BCUT2D eigenvalue weighted by atomic mass is 10.0. The first-order chi connectivity index (χ1) is 14.8. The van der Waals surface area contributed by atoms with E-state index >= 15 is 0 Å². The van der Waals surface area contributed by atoms with Gasteiger partial charge in [-0.1, -0.05) is 41.9 Å². The highest BCUT2D eigenvalue weighted by Gasteiger charge is 2.20. The van der Waals surface area contributed by atoms with E-state index in [0.29, 0.717) is 22.0 Å². The van der Waals surface area contributed by atoms with Crippen molar-refractivity contribution in [2.24, 2.45) is 0 Å². The van der Waals surface area contributed by atoms with Crippen LogP contribution in [-0.4, -0.2) is 47.9 Å². The number of benzene rings is 2. The largest absolute Gasteiger partial charge is 0.452 e. The van der Waals surface area contributed by atoms with Gasteiger partial charge in [-0.15, -0.1) is 0 Å². The Labute approximate surface area is 185 Å². The van der Waals surface area contributed by atoms with Crippen LogP contribution < -0.4 is 5.32 Å². The fourth-order valence-corrected chi connectivity index (χ4v) is 3.38. The maximum Gasteiger partial charge on any atom is 0.340 e. The summed E-state index contributed by atoms with van der Waals surface area (Å²) in [6.07, 6.45) is 0. The molecule has 8 heteroatoms. The number of hydrogen-bond donors (Lipinski definition) is 1. The smallest absolute Gasteiger partial charge is 0.340 e. The number of aryl methyl sites for hydroxylation is 2. The maximum absolute atomic E-state index is 12.6. The number of fused-ring (bicyclic) bond motifs is 1. The number of halogens is 1. The van der Waals surface area contributed by atoms with Gasteiger partial charge in [0.1, 0.15) is 0 Å². The van der Waals surface area contributed by atoms with Crippen molar-refractivity contribution in [1.29, 1.82) is 0 Å². The monoisotopic (exact) mass is 439 g/mol. The average molecular weight is 440 g/mol. The minimum absolute atomic E-state index is 0.211. The van der Waals surface area contributed by atoms with Crippen LogP contribution in [0.2, 0.25) is 5.02 Å². The van der Waals surface area contributed by atoms with E-state index in [4.69, 9.17) is 16.3 Å². The van der Waals surface area contributed by atoms with Crippen molar-refractivity contribution >= 4 is 46.0 Å². The Hall–Kier alpha value is -3.45. The fourth-order valence-electron chi connectivity index (χ4n) is 3.20. The van der Waals surface area contributed by atoms with Gasteiger partial charge in [0.15, 0.2) is 6.61 Å². The van der Waals surface area contributed by atoms with Crippen molar-refractivity contribution in [2.45, 2.75) is 13.8 Å². The highest BCUT2D eigenvalue weighted by Crippen LogP contribution is 2.23. The molecule has 31 heavy (non-hydrogen) atoms. The number of ether oxygens (including phenoxy) is 1. The van der Waals surface area contributed by atoms with Crippen LogP contribution in [0.3, 0.4) is 0 Å². The van der Waals surface area contributed by atoms with Gasteiger partial charge in [-0.25, -0.2) is 4.79 Å². The van der Waals surface area contributed by atoms with Crippen LogP contribution in [0, 0.1) is 13.8 Å². The molecule has 0 aliphatic rings. The summed E-state index contributed by atoms with van der Waals surface area (Å²) in [4.78, 5) is 42.8. The molecule has 2 amide bonds. The van der Waals surface area contributed by atoms with Gasteiger partial charge in [0.25, 0.3) is 5.91 Å². The molecule has 0 saturated heterocycles. The van der Waals surface area contributed by atoms with Crippen molar-refractivity contribution in [3.8, 4) is 0 Å². The summed E-state index contributed by atoms with van der Waals surface area (Å²) in [5.41, 5.74) is 2.85. The van der Waals surface area contributed by atoms with Gasteiger partial charge >= 0.3 is 5.97 Å². The summed E-state index contributed by atoms with van der Waals surface area (Å²) in [7, 11) is 1.45. The predicted octanol–water partition coefficient (Wildman–Crippen LogP) is 3.76. The van der Waals surface area contributed by atoms with Gasteiger partial charge in [-0.3, -0.25) is 14.6 Å². The number of pyridine rings is 1. The predicted molar refractivity (Wildman–Crippen MR) is 119 cm³/mol. The molecule has 2 aromatic carbocycles. The fraction of sp³-hybridized carbons (Fsp3) is 0.217. The molecule has 7 nitrogen and oxygen atoms in total. The van der Waals surface area contributed by atoms with E-state index in [1.165, 1.54) is 11.9 Å². The number of nitrogens with one attached hydrogen (secondary N) is 1. The Morgan fingerprint density at radius 1 is 1.06 bits per heavy atom. The van der Waals surface area contributed by atoms with E-state index in [1.807, 2.05) is 31.2 Å². The van der Waals surface area contributed by atoms with Crippen molar-refractivity contribution in [3.05, 3.63) is 70.4 Å². The number of nitrogens with zero attached hydrogens (tertiary/aromatic N) is 2. The zero-order valence-corrected chi connectivity index (χ0v) is 18.2. The molecule has 0 spiro atoms. The molecule has 1 heterocycles. The first-order valence-electron chi connectivity index (χ1n) is 9.59. The van der Waals surface area contributed by atoms with E-state index < -0.39 is 24.4 Å². The standard InChI is InChI=1S/C23H22ClN3O4/c1-14-16-8-4-6-10-18(16)25-15(2)22(14)23(30)31-13-21(29)27(3)12-20(28)26-19-11-7-5-9-17(19)24/h4-11H,12-13H2,1-3H3,(H,26,28). The number of carbonyl (C=O) groups excluding carboxylic acids is 3. The summed E-state index contributed by atoms with van der Waals surface area (Å²) < 4.78 is 5.22. The Morgan fingerprint density at radius 2 is 1.74 bits per heavy atom. The minimum Gasteiger partial charge on any atom is -0.452 e. The van der Waals surface area contributed by atoms with Crippen LogP contribution in [-0.2, 0) is 14.3 Å². The summed E-state index contributed by atoms with van der Waals surface area (Å²) in [6, 6.07) is 14.3. The normalized spacial score (nSPS) is 10.6. The summed E-state index contributed by atoms with van der Waals surface area (Å²) in [6.45, 7) is 2.85. The number of anilines is 1. The molecule has 0 unspecified atom stereocenters. The molecule has 0 atom stereocenters. The van der Waals surface area contributed by atoms with E-state index in [9.17, 15) is 14.4 Å². The van der Waals surface area contributed by atoms with E-state index in [-0.39, 0.29) is 6.54 Å². The Balaban J connectivity index is 1.60. The highest BCUT2D eigenvalue weighted by atomic mass is 35.5. The number of amides is 2. The molecule has 0 aliphatic heterocycles. The molecule has 0 saturated carbocycles. The molecule has 160 valence electrons. The first-order valence-corrected chi connectivity index (χ1v) is 9.97. The van der Waals surface area contributed by atoms with Crippen molar-refractivity contribution < 1.29 is 19.1 Å². The Morgan fingerprint density at radius 3 is 2.48 bits per heavy atom. The van der Waals surface area contributed by atoms with Crippen LogP contribution in [0.4, 0.5) is 5.69 Å². The molecule has 1 aromatic heterocycles. The van der Waals surface area contributed by atoms with Gasteiger partial charge in [-0.05, 0) is 37.6 Å². The number of likely N-dealkylation sites (N-methyl/N-ethyl adjacent to an activating group) is 1. The van der Waals surface area contributed by atoms with Gasteiger partial charge in [0, 0.05) is 12.4 Å². The quantitative estimate of drug-likeness (QED) is 0.591. The van der Waals surface area contributed by atoms with Gasteiger partial charge in [0.2, 0.25) is 5.91 Å². The van der Waals surface area contributed by atoms with Crippen LogP contribution in [0.15, 0.2) is 48.5 Å². The Bertz CT molecular complexity index is 1160. The molecule has 0 aliphatic carbocycles. The lowest BCUT2D eigenvalue weighted by Crippen LogP contribution is -2.37. The lowest BCUT2D eigenvalue weighted by molar-refractivity contribution is -0.136. The average Bonchev–Trinajstić information content (AvgIpc) is 2.73. The van der Waals surface area contributed by atoms with Crippen LogP contribution in [0.1, 0.15) is 21.6 Å². The number of aromatic nitrogens is 1. The molecule has 3 rings (SSSR count). The topological polar surface area (TPSA) is 88.6 Å². The van der Waals surface area contributed by atoms with Crippen LogP contribution >= 0.6 is 11.6 Å². The van der Waals surface area contributed by atoms with Crippen LogP contribution in [0.25, 0.3) is 10.9 Å². The van der Waals surface area contributed by atoms with Crippen molar-refractivity contribution in [2.75, 3.05) is 25.5 Å². The molecule has 0 radical (unpaired) electrons. The lowest BCUT2D eigenvalue weighted by Gasteiger charge is -2.17. The second kappa shape index (κ2) is 9.57. The van der Waals surface area contributed by atoms with E-state index in [2.05, 4.69) is 10.3 Å². The van der Waals surface area contributed by atoms with E-state index in [1.54, 1.807) is 31.2 Å². The van der Waals surface area contributed by atoms with E-state index in [0.717, 1.165) is 16.5 Å². The third kappa shape index (κ3) is 5.19. The second-order valence-corrected chi connectivity index (χ2v) is 7.48. The van der Waals surface area contributed by atoms with Gasteiger partial charge < -0.3 is 15.0 Å². The summed E-state index contributed by atoms with van der Waals surface area (Å²) in [5.74, 6) is -1.55. The first kappa shape index (κ1) is 22.2. The zero-order valence-electron chi connectivity index (χ0n) is 17.4. The molecular weight excluding hydrogens is 418 g/mol.